The zero-order valence-corrected chi connectivity index (χ0v) is 9.65. The predicted octanol–water partition coefficient (Wildman–Crippen LogP) is 1.97. The molecule has 80 valence electrons. The number of hydrogen-bond acceptors (Lipinski definition) is 4. The summed E-state index contributed by atoms with van der Waals surface area (Å²) in [6, 6.07) is 5.94. The SMILES string of the molecule is CC1(C)Nc2ccc(CN)cc2SC1=O. The number of carbonyl (C=O) groups excluding carboxylic acids is 1. The largest absolute Gasteiger partial charge is 0.372 e. The van der Waals surface area contributed by atoms with Gasteiger partial charge < -0.3 is 11.1 Å². The van der Waals surface area contributed by atoms with Gasteiger partial charge in [0.05, 0.1) is 0 Å². The molecule has 4 heteroatoms. The molecule has 1 aliphatic heterocycles. The molecule has 1 heterocycles. The van der Waals surface area contributed by atoms with E-state index in [2.05, 4.69) is 5.32 Å². The van der Waals surface area contributed by atoms with E-state index in [9.17, 15) is 4.79 Å². The van der Waals surface area contributed by atoms with Crippen LogP contribution in [0, 0.1) is 0 Å². The van der Waals surface area contributed by atoms with E-state index in [1.165, 1.54) is 11.8 Å². The van der Waals surface area contributed by atoms with E-state index in [-0.39, 0.29) is 5.12 Å². The van der Waals surface area contributed by atoms with Crippen LogP contribution in [0.15, 0.2) is 23.1 Å². The number of carbonyl (C=O) groups is 1. The third kappa shape index (κ3) is 1.87. The van der Waals surface area contributed by atoms with E-state index in [4.69, 9.17) is 5.73 Å². The Hall–Kier alpha value is -1.00. The Labute approximate surface area is 93.4 Å². The molecule has 0 spiro atoms. The molecule has 0 atom stereocenters. The molecule has 0 bridgehead atoms. The first-order valence-corrected chi connectivity index (χ1v) is 5.68. The van der Waals surface area contributed by atoms with Gasteiger partial charge in [0.25, 0.3) is 0 Å². The maximum absolute atomic E-state index is 11.7. The van der Waals surface area contributed by atoms with Crippen LogP contribution in [0.3, 0.4) is 0 Å². The molecule has 1 aromatic rings. The van der Waals surface area contributed by atoms with Crippen LogP contribution in [0.2, 0.25) is 0 Å². The Morgan fingerprint density at radius 1 is 1.47 bits per heavy atom. The van der Waals surface area contributed by atoms with Crippen LogP contribution in [0.1, 0.15) is 19.4 Å². The van der Waals surface area contributed by atoms with Gasteiger partial charge in [-0.25, -0.2) is 0 Å². The lowest BCUT2D eigenvalue weighted by molar-refractivity contribution is -0.114. The number of nitrogens with two attached hydrogens (primary N) is 1. The van der Waals surface area contributed by atoms with Gasteiger partial charge in [0, 0.05) is 17.1 Å². The average Bonchev–Trinajstić information content (AvgIpc) is 2.19. The highest BCUT2D eigenvalue weighted by atomic mass is 32.2. The Morgan fingerprint density at radius 3 is 2.87 bits per heavy atom. The maximum Gasteiger partial charge on any atom is 0.218 e. The van der Waals surface area contributed by atoms with Crippen molar-refractivity contribution in [1.82, 2.24) is 0 Å². The summed E-state index contributed by atoms with van der Waals surface area (Å²) in [5.41, 5.74) is 7.14. The van der Waals surface area contributed by atoms with Crippen LogP contribution >= 0.6 is 11.8 Å². The van der Waals surface area contributed by atoms with Crippen LogP contribution in [-0.4, -0.2) is 10.7 Å². The van der Waals surface area contributed by atoms with Crippen molar-refractivity contribution in [3.8, 4) is 0 Å². The number of nitrogens with one attached hydrogen (secondary N) is 1. The molecule has 0 aromatic heterocycles. The second-order valence-corrected chi connectivity index (χ2v) is 5.19. The molecule has 0 saturated carbocycles. The standard InChI is InChI=1S/C11H14N2OS/c1-11(2)10(14)15-9-5-7(6-12)3-4-8(9)13-11/h3-5,13H,6,12H2,1-2H3. The third-order valence-electron chi connectivity index (χ3n) is 2.44. The number of anilines is 1. The molecule has 15 heavy (non-hydrogen) atoms. The molecule has 0 unspecified atom stereocenters. The van der Waals surface area contributed by atoms with Crippen molar-refractivity contribution in [1.29, 1.82) is 0 Å². The fraction of sp³-hybridized carbons (Fsp3) is 0.364. The second-order valence-electron chi connectivity index (χ2n) is 4.17. The lowest BCUT2D eigenvalue weighted by Gasteiger charge is -2.31. The molecule has 0 aliphatic carbocycles. The van der Waals surface area contributed by atoms with E-state index in [1.807, 2.05) is 32.0 Å². The van der Waals surface area contributed by atoms with Crippen LogP contribution in [0.5, 0.6) is 0 Å². The van der Waals surface area contributed by atoms with Crippen molar-refractivity contribution >= 4 is 22.6 Å². The molecule has 2 rings (SSSR count). The Kier molecular flexibility index (Phi) is 2.48. The second kappa shape index (κ2) is 3.54. The van der Waals surface area contributed by atoms with E-state index in [0.29, 0.717) is 6.54 Å². The van der Waals surface area contributed by atoms with E-state index < -0.39 is 5.54 Å². The Morgan fingerprint density at radius 2 is 2.20 bits per heavy atom. The van der Waals surface area contributed by atoms with Gasteiger partial charge >= 0.3 is 0 Å². The van der Waals surface area contributed by atoms with Gasteiger partial charge in [-0.2, -0.15) is 0 Å². The maximum atomic E-state index is 11.7. The van der Waals surface area contributed by atoms with Crippen molar-refractivity contribution in [3.05, 3.63) is 23.8 Å². The molecular weight excluding hydrogens is 208 g/mol. The molecule has 1 aliphatic rings. The minimum Gasteiger partial charge on any atom is -0.372 e. The minimum absolute atomic E-state index is 0.143. The molecule has 0 amide bonds. The van der Waals surface area contributed by atoms with Crippen molar-refractivity contribution in [2.24, 2.45) is 5.73 Å². The molecule has 0 radical (unpaired) electrons. The zero-order valence-electron chi connectivity index (χ0n) is 8.83. The van der Waals surface area contributed by atoms with Crippen LogP contribution in [-0.2, 0) is 11.3 Å². The van der Waals surface area contributed by atoms with Gasteiger partial charge in [-0.05, 0) is 43.3 Å². The fourth-order valence-corrected chi connectivity index (χ4v) is 2.44. The average molecular weight is 222 g/mol. The lowest BCUT2D eigenvalue weighted by atomic mass is 10.1. The van der Waals surface area contributed by atoms with Crippen molar-refractivity contribution in [3.63, 3.8) is 0 Å². The predicted molar refractivity (Wildman–Crippen MR) is 62.9 cm³/mol. The molecule has 0 fully saturated rings. The van der Waals surface area contributed by atoms with Gasteiger partial charge in [-0.3, -0.25) is 4.79 Å². The van der Waals surface area contributed by atoms with Crippen molar-refractivity contribution in [2.75, 3.05) is 5.32 Å². The summed E-state index contributed by atoms with van der Waals surface area (Å²) in [7, 11) is 0. The summed E-state index contributed by atoms with van der Waals surface area (Å²) < 4.78 is 0. The van der Waals surface area contributed by atoms with Gasteiger partial charge in [-0.15, -0.1) is 0 Å². The van der Waals surface area contributed by atoms with E-state index >= 15 is 0 Å². The molecule has 3 nitrogen and oxygen atoms in total. The normalized spacial score (nSPS) is 18.2. The smallest absolute Gasteiger partial charge is 0.218 e. The number of rotatable bonds is 1. The molecule has 0 saturated heterocycles. The Balaban J connectivity index is 2.41. The number of benzene rings is 1. The van der Waals surface area contributed by atoms with Crippen LogP contribution in [0.25, 0.3) is 0 Å². The van der Waals surface area contributed by atoms with Crippen molar-refractivity contribution < 1.29 is 4.79 Å². The summed E-state index contributed by atoms with van der Waals surface area (Å²) in [5, 5.41) is 3.37. The van der Waals surface area contributed by atoms with Crippen LogP contribution < -0.4 is 11.1 Å². The topological polar surface area (TPSA) is 55.1 Å². The molecular formula is C11H14N2OS. The summed E-state index contributed by atoms with van der Waals surface area (Å²) in [4.78, 5) is 12.7. The summed E-state index contributed by atoms with van der Waals surface area (Å²) in [6.07, 6.45) is 0. The summed E-state index contributed by atoms with van der Waals surface area (Å²) >= 11 is 1.29. The molecule has 1 aromatic carbocycles. The number of fused-ring (bicyclic) bond motifs is 1. The quantitative estimate of drug-likeness (QED) is 0.762. The minimum atomic E-state index is -0.484. The summed E-state index contributed by atoms with van der Waals surface area (Å²) in [6.45, 7) is 4.29. The summed E-state index contributed by atoms with van der Waals surface area (Å²) in [5.74, 6) is 0. The highest BCUT2D eigenvalue weighted by molar-refractivity contribution is 8.14. The van der Waals surface area contributed by atoms with Crippen molar-refractivity contribution in [2.45, 2.75) is 30.8 Å². The van der Waals surface area contributed by atoms with Gasteiger partial charge in [0.2, 0.25) is 5.12 Å². The highest BCUT2D eigenvalue weighted by Crippen LogP contribution is 2.38. The highest BCUT2D eigenvalue weighted by Gasteiger charge is 2.33. The first kappa shape index (κ1) is 10.5. The van der Waals surface area contributed by atoms with Gasteiger partial charge in [-0.1, -0.05) is 6.07 Å². The number of thioether (sulfide) groups is 1. The van der Waals surface area contributed by atoms with Gasteiger partial charge in [0.15, 0.2) is 0 Å². The third-order valence-corrected chi connectivity index (χ3v) is 3.70. The van der Waals surface area contributed by atoms with Gasteiger partial charge in [0.1, 0.15) is 5.54 Å². The fourth-order valence-electron chi connectivity index (χ4n) is 1.50. The van der Waals surface area contributed by atoms with E-state index in [0.717, 1.165) is 16.1 Å². The van der Waals surface area contributed by atoms with E-state index in [1.54, 1.807) is 0 Å². The van der Waals surface area contributed by atoms with Crippen LogP contribution in [0.4, 0.5) is 5.69 Å². The monoisotopic (exact) mass is 222 g/mol. The zero-order chi connectivity index (χ0) is 11.1. The number of hydrogen-bond donors (Lipinski definition) is 2. The first-order valence-electron chi connectivity index (χ1n) is 4.86. The Bertz CT molecular complexity index is 415. The lowest BCUT2D eigenvalue weighted by Crippen LogP contribution is -2.40. The first-order chi connectivity index (χ1) is 7.03. The molecule has 3 N–H and O–H groups in total.